The van der Waals surface area contributed by atoms with Gasteiger partial charge >= 0.3 is 12.1 Å². The number of carboxylic acids is 1. The van der Waals surface area contributed by atoms with Crippen LogP contribution in [0.1, 0.15) is 11.1 Å². The van der Waals surface area contributed by atoms with Crippen molar-refractivity contribution in [3.8, 4) is 0 Å². The predicted molar refractivity (Wildman–Crippen MR) is 57.4 cm³/mol. The minimum atomic E-state index is -4.48. The molecule has 0 spiro atoms. The highest BCUT2D eigenvalue weighted by atomic mass is 35.5. The Kier molecular flexibility index (Phi) is 4.27. The van der Waals surface area contributed by atoms with Crippen molar-refractivity contribution in [3.05, 3.63) is 34.3 Å². The first-order valence-corrected chi connectivity index (χ1v) is 5.25. The van der Waals surface area contributed by atoms with Gasteiger partial charge in [-0.15, -0.1) is 11.6 Å². The Hall–Kier alpha value is -0.940. The lowest BCUT2D eigenvalue weighted by Gasteiger charge is -2.10. The number of benzene rings is 1. The van der Waals surface area contributed by atoms with Gasteiger partial charge in [-0.3, -0.25) is 4.79 Å². The SMILES string of the molecule is O=C(O)[C@H](Cl)Cc1ccc(C(F)(F)F)cc1Cl. The minimum Gasteiger partial charge on any atom is -0.480 e. The van der Waals surface area contributed by atoms with Crippen molar-refractivity contribution in [3.63, 3.8) is 0 Å². The molecule has 0 amide bonds. The van der Waals surface area contributed by atoms with Crippen LogP contribution < -0.4 is 0 Å². The van der Waals surface area contributed by atoms with Crippen molar-refractivity contribution in [1.82, 2.24) is 0 Å². The molecule has 0 aromatic heterocycles. The number of aliphatic carboxylic acids is 1. The third-order valence-electron chi connectivity index (χ3n) is 2.05. The fourth-order valence-electron chi connectivity index (χ4n) is 1.17. The highest BCUT2D eigenvalue weighted by Gasteiger charge is 2.31. The monoisotopic (exact) mass is 286 g/mol. The Morgan fingerprint density at radius 3 is 2.41 bits per heavy atom. The van der Waals surface area contributed by atoms with Crippen molar-refractivity contribution in [1.29, 1.82) is 0 Å². The molecule has 17 heavy (non-hydrogen) atoms. The third kappa shape index (κ3) is 3.78. The highest BCUT2D eigenvalue weighted by Crippen LogP contribution is 2.32. The van der Waals surface area contributed by atoms with E-state index in [0.29, 0.717) is 0 Å². The molecule has 1 aromatic carbocycles. The van der Waals surface area contributed by atoms with Gasteiger partial charge in [0.05, 0.1) is 5.56 Å². The first-order valence-electron chi connectivity index (χ1n) is 4.44. The number of carboxylic acid groups (broad SMARTS) is 1. The van der Waals surface area contributed by atoms with E-state index in [-0.39, 0.29) is 17.0 Å². The fraction of sp³-hybridized carbons (Fsp3) is 0.300. The Bertz CT molecular complexity index is 432. The molecular weight excluding hydrogens is 280 g/mol. The van der Waals surface area contributed by atoms with Crippen LogP contribution in [0.25, 0.3) is 0 Å². The molecule has 0 saturated heterocycles. The van der Waals surface area contributed by atoms with E-state index < -0.39 is 23.1 Å². The maximum atomic E-state index is 12.3. The molecule has 0 aliphatic carbocycles. The Balaban J connectivity index is 2.95. The second-order valence-electron chi connectivity index (χ2n) is 3.31. The van der Waals surface area contributed by atoms with Crippen LogP contribution in [0.5, 0.6) is 0 Å². The summed E-state index contributed by atoms with van der Waals surface area (Å²) in [7, 11) is 0. The van der Waals surface area contributed by atoms with Crippen molar-refractivity contribution >= 4 is 29.2 Å². The summed E-state index contributed by atoms with van der Waals surface area (Å²) >= 11 is 11.1. The Morgan fingerprint density at radius 2 is 2.00 bits per heavy atom. The quantitative estimate of drug-likeness (QED) is 0.862. The molecule has 0 fully saturated rings. The van der Waals surface area contributed by atoms with Crippen LogP contribution in [0.4, 0.5) is 13.2 Å². The summed E-state index contributed by atoms with van der Waals surface area (Å²) in [6.07, 6.45) is -4.61. The lowest BCUT2D eigenvalue weighted by molar-refractivity contribution is -0.138. The molecule has 0 radical (unpaired) electrons. The van der Waals surface area contributed by atoms with Crippen LogP contribution in [-0.4, -0.2) is 16.5 Å². The zero-order chi connectivity index (χ0) is 13.2. The zero-order valence-corrected chi connectivity index (χ0v) is 9.77. The highest BCUT2D eigenvalue weighted by molar-refractivity contribution is 6.32. The lowest BCUT2D eigenvalue weighted by atomic mass is 10.1. The lowest BCUT2D eigenvalue weighted by Crippen LogP contribution is -2.16. The number of carbonyl (C=O) groups is 1. The number of rotatable bonds is 3. The maximum absolute atomic E-state index is 12.3. The number of halogens is 5. The molecule has 0 unspecified atom stereocenters. The molecule has 7 heteroatoms. The molecule has 0 saturated carbocycles. The van der Waals surface area contributed by atoms with Gasteiger partial charge in [-0.1, -0.05) is 17.7 Å². The van der Waals surface area contributed by atoms with Crippen LogP contribution in [0, 0.1) is 0 Å². The average Bonchev–Trinajstić information content (AvgIpc) is 2.19. The van der Waals surface area contributed by atoms with Gasteiger partial charge in [-0.25, -0.2) is 0 Å². The second-order valence-corrected chi connectivity index (χ2v) is 4.25. The van der Waals surface area contributed by atoms with E-state index in [1.54, 1.807) is 0 Å². The number of hydrogen-bond acceptors (Lipinski definition) is 1. The van der Waals surface area contributed by atoms with E-state index in [1.807, 2.05) is 0 Å². The van der Waals surface area contributed by atoms with E-state index in [9.17, 15) is 18.0 Å². The van der Waals surface area contributed by atoms with Crippen LogP contribution in [0.15, 0.2) is 18.2 Å². The van der Waals surface area contributed by atoms with Gasteiger partial charge in [0.2, 0.25) is 0 Å². The van der Waals surface area contributed by atoms with Gasteiger partial charge in [0.15, 0.2) is 0 Å². The molecule has 0 heterocycles. The van der Waals surface area contributed by atoms with Gasteiger partial charge in [-0.05, 0) is 17.7 Å². The molecule has 1 atom stereocenters. The zero-order valence-electron chi connectivity index (χ0n) is 8.26. The van der Waals surface area contributed by atoms with Crippen LogP contribution >= 0.6 is 23.2 Å². The summed E-state index contributed by atoms with van der Waals surface area (Å²) in [5.74, 6) is -1.25. The topological polar surface area (TPSA) is 37.3 Å². The Labute approximate surface area is 105 Å². The van der Waals surface area contributed by atoms with Crippen molar-refractivity contribution < 1.29 is 23.1 Å². The number of alkyl halides is 4. The summed E-state index contributed by atoms with van der Waals surface area (Å²) in [5, 5.41) is 7.20. The fourth-order valence-corrected chi connectivity index (χ4v) is 1.59. The Morgan fingerprint density at radius 1 is 1.41 bits per heavy atom. The average molecular weight is 287 g/mol. The van der Waals surface area contributed by atoms with E-state index >= 15 is 0 Å². The summed E-state index contributed by atoms with van der Waals surface area (Å²) in [5.41, 5.74) is -0.616. The standard InChI is InChI=1S/C10H7Cl2F3O2/c11-7-4-6(10(13,14)15)2-1-5(7)3-8(12)9(16)17/h1-2,4,8H,3H2,(H,16,17)/t8-/m1/s1. The van der Waals surface area contributed by atoms with E-state index in [0.717, 1.165) is 18.2 Å². The molecule has 0 bridgehead atoms. The number of hydrogen-bond donors (Lipinski definition) is 1. The van der Waals surface area contributed by atoms with Gasteiger partial charge in [0.25, 0.3) is 0 Å². The van der Waals surface area contributed by atoms with Crippen LogP contribution in [-0.2, 0) is 17.4 Å². The predicted octanol–water partition coefficient (Wildman–Crippen LogP) is 3.59. The molecule has 2 nitrogen and oxygen atoms in total. The molecule has 0 aliphatic rings. The summed E-state index contributed by atoms with van der Waals surface area (Å²) in [4.78, 5) is 10.5. The first kappa shape index (κ1) is 14.1. The second kappa shape index (κ2) is 5.14. The largest absolute Gasteiger partial charge is 0.480 e. The van der Waals surface area contributed by atoms with Crippen LogP contribution in [0.2, 0.25) is 5.02 Å². The van der Waals surface area contributed by atoms with E-state index in [1.165, 1.54) is 0 Å². The van der Waals surface area contributed by atoms with Crippen molar-refractivity contribution in [2.24, 2.45) is 0 Å². The van der Waals surface area contributed by atoms with E-state index in [2.05, 4.69) is 0 Å². The van der Waals surface area contributed by atoms with Gasteiger partial charge in [0, 0.05) is 11.4 Å². The summed E-state index contributed by atoms with van der Waals surface area (Å²) < 4.78 is 36.9. The van der Waals surface area contributed by atoms with E-state index in [4.69, 9.17) is 28.3 Å². The van der Waals surface area contributed by atoms with Crippen molar-refractivity contribution in [2.75, 3.05) is 0 Å². The normalized spacial score (nSPS) is 13.5. The molecular formula is C10H7Cl2F3O2. The molecule has 1 N–H and O–H groups in total. The minimum absolute atomic E-state index is 0.131. The first-order chi connectivity index (χ1) is 7.71. The molecule has 94 valence electrons. The molecule has 0 aliphatic heterocycles. The molecule has 1 aromatic rings. The maximum Gasteiger partial charge on any atom is 0.416 e. The third-order valence-corrected chi connectivity index (χ3v) is 2.74. The van der Waals surface area contributed by atoms with Gasteiger partial charge in [-0.2, -0.15) is 13.2 Å². The summed E-state index contributed by atoms with van der Waals surface area (Å²) in [6, 6.07) is 2.72. The van der Waals surface area contributed by atoms with Crippen molar-refractivity contribution in [2.45, 2.75) is 18.0 Å². The van der Waals surface area contributed by atoms with Gasteiger partial charge in [0.1, 0.15) is 5.38 Å². The summed E-state index contributed by atoms with van der Waals surface area (Å²) in [6.45, 7) is 0. The van der Waals surface area contributed by atoms with Crippen LogP contribution in [0.3, 0.4) is 0 Å². The van der Waals surface area contributed by atoms with Gasteiger partial charge < -0.3 is 5.11 Å². The smallest absolute Gasteiger partial charge is 0.416 e. The molecule has 1 rings (SSSR count).